The molecule has 0 spiro atoms. The summed E-state index contributed by atoms with van der Waals surface area (Å²) in [5.74, 6) is 0.816. The number of nitrogens with two attached hydrogens (primary N) is 1. The van der Waals surface area contributed by atoms with Gasteiger partial charge in [0.15, 0.2) is 0 Å². The van der Waals surface area contributed by atoms with Crippen LogP contribution in [0.15, 0.2) is 12.3 Å². The van der Waals surface area contributed by atoms with E-state index in [4.69, 9.17) is 10.5 Å². The summed E-state index contributed by atoms with van der Waals surface area (Å²) in [4.78, 5) is 0. The maximum Gasteiger partial charge on any atom is 0.136 e. The molecule has 60 valence electrons. The molecule has 0 aromatic rings. The van der Waals surface area contributed by atoms with Crippen molar-refractivity contribution < 1.29 is 4.74 Å². The van der Waals surface area contributed by atoms with Crippen LogP contribution in [0.4, 0.5) is 0 Å². The van der Waals surface area contributed by atoms with Crippen LogP contribution in [0.1, 0.15) is 32.6 Å². The van der Waals surface area contributed by atoms with Gasteiger partial charge in [0.25, 0.3) is 0 Å². The second kappa shape index (κ2) is 6.62. The molecular formula is C8H17NO. The predicted molar refractivity (Wildman–Crippen MR) is 43.4 cm³/mol. The maximum absolute atomic E-state index is 5.15. The molecule has 0 aliphatic carbocycles. The van der Waals surface area contributed by atoms with Gasteiger partial charge in [-0.05, 0) is 6.42 Å². The monoisotopic (exact) mass is 143 g/mol. The zero-order valence-corrected chi connectivity index (χ0v) is 6.73. The normalized spacial score (nSPS) is 9.40. The molecule has 0 bridgehead atoms. The summed E-state index contributed by atoms with van der Waals surface area (Å²) in [6.07, 6.45) is 4.59. The molecule has 0 aromatic heterocycles. The first-order chi connectivity index (χ1) is 4.81. The lowest BCUT2D eigenvalue weighted by Gasteiger charge is -2.04. The van der Waals surface area contributed by atoms with Crippen LogP contribution >= 0.6 is 0 Å². The minimum Gasteiger partial charge on any atom is -0.484 e. The first kappa shape index (κ1) is 9.50. The van der Waals surface area contributed by atoms with Gasteiger partial charge >= 0.3 is 0 Å². The van der Waals surface area contributed by atoms with E-state index in [2.05, 4.69) is 13.5 Å². The second-order valence-corrected chi connectivity index (χ2v) is 2.31. The van der Waals surface area contributed by atoms with Gasteiger partial charge in [-0.1, -0.05) is 26.3 Å². The van der Waals surface area contributed by atoms with Crippen molar-refractivity contribution in [1.82, 2.24) is 0 Å². The van der Waals surface area contributed by atoms with E-state index >= 15 is 0 Å². The van der Waals surface area contributed by atoms with E-state index in [0.29, 0.717) is 0 Å². The predicted octanol–water partition coefficient (Wildman–Crippen LogP) is 2.01. The molecule has 0 heterocycles. The van der Waals surface area contributed by atoms with E-state index < -0.39 is 0 Å². The highest BCUT2D eigenvalue weighted by atomic mass is 16.5. The fourth-order valence-electron chi connectivity index (χ4n) is 0.762. The topological polar surface area (TPSA) is 35.2 Å². The minimum atomic E-state index is 0.255. The lowest BCUT2D eigenvalue weighted by atomic mass is 10.2. The molecule has 0 saturated carbocycles. The molecule has 2 heteroatoms. The third kappa shape index (κ3) is 5.63. The average Bonchev–Trinajstić information content (AvgIpc) is 1.89. The number of hydrogen-bond acceptors (Lipinski definition) is 2. The highest BCUT2D eigenvalue weighted by Crippen LogP contribution is 2.06. The summed E-state index contributed by atoms with van der Waals surface area (Å²) < 4.78 is 4.97. The molecule has 0 radical (unpaired) electrons. The molecule has 0 aromatic carbocycles. The van der Waals surface area contributed by atoms with Crippen LogP contribution in [0.25, 0.3) is 0 Å². The molecule has 0 amide bonds. The van der Waals surface area contributed by atoms with E-state index in [1.807, 2.05) is 0 Å². The van der Waals surface area contributed by atoms with Crippen LogP contribution in [0.2, 0.25) is 0 Å². The van der Waals surface area contributed by atoms with Gasteiger partial charge in [0, 0.05) is 6.42 Å². The zero-order chi connectivity index (χ0) is 7.82. The van der Waals surface area contributed by atoms with Gasteiger partial charge in [-0.2, -0.15) is 0 Å². The molecule has 0 unspecified atom stereocenters. The maximum atomic E-state index is 5.15. The number of hydrogen-bond donors (Lipinski definition) is 1. The standard InChI is InChI=1S/C8H17NO/c1-3-4-5-6-8(2)10-7-9/h2-7,9H2,1H3. The molecule has 0 saturated heterocycles. The highest BCUT2D eigenvalue weighted by Gasteiger charge is 1.91. The molecule has 0 aliphatic heterocycles. The van der Waals surface area contributed by atoms with Crippen molar-refractivity contribution in [2.24, 2.45) is 5.73 Å². The van der Waals surface area contributed by atoms with Gasteiger partial charge in [-0.3, -0.25) is 5.73 Å². The number of ether oxygens (including phenoxy) is 1. The zero-order valence-electron chi connectivity index (χ0n) is 6.73. The van der Waals surface area contributed by atoms with Crippen LogP contribution < -0.4 is 5.73 Å². The SMILES string of the molecule is C=C(CCCCC)OCN. The summed E-state index contributed by atoms with van der Waals surface area (Å²) in [6.45, 7) is 6.14. The second-order valence-electron chi connectivity index (χ2n) is 2.31. The van der Waals surface area contributed by atoms with Crippen LogP contribution in [-0.4, -0.2) is 6.73 Å². The third-order valence-electron chi connectivity index (χ3n) is 1.35. The first-order valence-electron chi connectivity index (χ1n) is 3.82. The number of rotatable bonds is 6. The Labute approximate surface area is 63.1 Å². The molecular weight excluding hydrogens is 126 g/mol. The summed E-state index contributed by atoms with van der Waals surface area (Å²) in [5.41, 5.74) is 5.15. The van der Waals surface area contributed by atoms with Crippen molar-refractivity contribution in [3.8, 4) is 0 Å². The van der Waals surface area contributed by atoms with E-state index in [9.17, 15) is 0 Å². The molecule has 10 heavy (non-hydrogen) atoms. The van der Waals surface area contributed by atoms with Crippen LogP contribution in [0.5, 0.6) is 0 Å². The molecule has 2 N–H and O–H groups in total. The van der Waals surface area contributed by atoms with Gasteiger partial charge in [0.1, 0.15) is 6.73 Å². The minimum absolute atomic E-state index is 0.255. The Kier molecular flexibility index (Phi) is 6.29. The average molecular weight is 143 g/mol. The van der Waals surface area contributed by atoms with Gasteiger partial charge in [-0.15, -0.1) is 0 Å². The summed E-state index contributed by atoms with van der Waals surface area (Å²) in [6, 6.07) is 0. The molecule has 0 atom stereocenters. The van der Waals surface area contributed by atoms with Crippen molar-refractivity contribution in [1.29, 1.82) is 0 Å². The van der Waals surface area contributed by atoms with Crippen molar-refractivity contribution in [3.05, 3.63) is 12.3 Å². The number of allylic oxidation sites excluding steroid dienone is 1. The first-order valence-corrected chi connectivity index (χ1v) is 3.82. The Morgan fingerprint density at radius 3 is 2.70 bits per heavy atom. The van der Waals surface area contributed by atoms with Gasteiger partial charge in [0.05, 0.1) is 5.76 Å². The van der Waals surface area contributed by atoms with Crippen LogP contribution in [0, 0.1) is 0 Å². The lowest BCUT2D eigenvalue weighted by molar-refractivity contribution is 0.210. The lowest BCUT2D eigenvalue weighted by Crippen LogP contribution is -2.03. The summed E-state index contributed by atoms with van der Waals surface area (Å²) in [5, 5.41) is 0. The van der Waals surface area contributed by atoms with E-state index in [1.54, 1.807) is 0 Å². The summed E-state index contributed by atoms with van der Waals surface area (Å²) in [7, 11) is 0. The van der Waals surface area contributed by atoms with E-state index in [-0.39, 0.29) is 6.73 Å². The molecule has 0 rings (SSSR count). The Balaban J connectivity index is 3.05. The van der Waals surface area contributed by atoms with Crippen molar-refractivity contribution in [3.63, 3.8) is 0 Å². The number of unbranched alkanes of at least 4 members (excludes halogenated alkanes) is 2. The highest BCUT2D eigenvalue weighted by molar-refractivity contribution is 4.81. The van der Waals surface area contributed by atoms with Gasteiger partial charge in [0.2, 0.25) is 0 Å². The molecule has 0 aliphatic rings. The van der Waals surface area contributed by atoms with Gasteiger partial charge in [-0.25, -0.2) is 0 Å². The smallest absolute Gasteiger partial charge is 0.136 e. The molecule has 2 nitrogen and oxygen atoms in total. The van der Waals surface area contributed by atoms with Crippen molar-refractivity contribution in [2.75, 3.05) is 6.73 Å². The molecule has 0 fully saturated rings. The van der Waals surface area contributed by atoms with E-state index in [0.717, 1.165) is 18.6 Å². The van der Waals surface area contributed by atoms with Crippen LogP contribution in [0.3, 0.4) is 0 Å². The van der Waals surface area contributed by atoms with Gasteiger partial charge < -0.3 is 4.74 Å². The van der Waals surface area contributed by atoms with Crippen molar-refractivity contribution >= 4 is 0 Å². The van der Waals surface area contributed by atoms with Crippen LogP contribution in [-0.2, 0) is 4.74 Å². The summed E-state index contributed by atoms with van der Waals surface area (Å²) >= 11 is 0. The Bertz CT molecular complexity index is 91.3. The largest absolute Gasteiger partial charge is 0.484 e. The van der Waals surface area contributed by atoms with E-state index in [1.165, 1.54) is 12.8 Å². The fraction of sp³-hybridized carbons (Fsp3) is 0.750. The Morgan fingerprint density at radius 1 is 1.50 bits per heavy atom. The fourth-order valence-corrected chi connectivity index (χ4v) is 0.762. The van der Waals surface area contributed by atoms with Crippen molar-refractivity contribution in [2.45, 2.75) is 32.6 Å². The quantitative estimate of drug-likeness (QED) is 0.350. The Hall–Kier alpha value is -0.500. The Morgan fingerprint density at radius 2 is 2.20 bits per heavy atom. The third-order valence-corrected chi connectivity index (χ3v) is 1.35.